The topological polar surface area (TPSA) is 69.0 Å². The number of aromatic nitrogens is 3. The number of carbonyl (C=O) groups is 1. The highest BCUT2D eigenvalue weighted by Crippen LogP contribution is 2.28. The van der Waals surface area contributed by atoms with Crippen LogP contribution in [-0.2, 0) is 13.7 Å². The molecule has 1 amide bonds. The summed E-state index contributed by atoms with van der Waals surface area (Å²) in [5, 5.41) is 12.1. The lowest BCUT2D eigenvalue weighted by molar-refractivity contribution is 0.103. The number of anilines is 1. The Morgan fingerprint density at radius 2 is 2.03 bits per heavy atom. The van der Waals surface area contributed by atoms with Crippen LogP contribution in [0.2, 0.25) is 5.02 Å². The smallest absolute Gasteiger partial charge is 0.267 e. The van der Waals surface area contributed by atoms with Crippen molar-refractivity contribution in [2.24, 2.45) is 7.05 Å². The van der Waals surface area contributed by atoms with Gasteiger partial charge in [0.2, 0.25) is 0 Å². The zero-order chi connectivity index (χ0) is 20.4. The number of aryl methyl sites for hydroxylation is 1. The summed E-state index contributed by atoms with van der Waals surface area (Å²) in [7, 11) is 1.89. The predicted molar refractivity (Wildman–Crippen MR) is 117 cm³/mol. The largest absolute Gasteiger partial charge is 0.489 e. The Labute approximate surface area is 180 Å². The average molecular weight is 445 g/mol. The van der Waals surface area contributed by atoms with Gasteiger partial charge in [0.05, 0.1) is 16.8 Å². The highest BCUT2D eigenvalue weighted by atomic mass is 35.5. The van der Waals surface area contributed by atoms with Gasteiger partial charge in [0.25, 0.3) is 5.91 Å². The van der Waals surface area contributed by atoms with Crippen LogP contribution in [0.4, 0.5) is 5.13 Å². The van der Waals surface area contributed by atoms with Crippen molar-refractivity contribution in [1.82, 2.24) is 14.8 Å². The van der Waals surface area contributed by atoms with Crippen LogP contribution in [0.15, 0.2) is 47.3 Å². The van der Waals surface area contributed by atoms with Crippen LogP contribution in [0.1, 0.15) is 20.9 Å². The van der Waals surface area contributed by atoms with Crippen molar-refractivity contribution in [3.05, 3.63) is 68.4 Å². The van der Waals surface area contributed by atoms with Gasteiger partial charge < -0.3 is 4.74 Å². The van der Waals surface area contributed by atoms with Crippen molar-refractivity contribution in [1.29, 1.82) is 0 Å². The summed E-state index contributed by atoms with van der Waals surface area (Å²) in [6, 6.07) is 9.01. The Balaban J connectivity index is 1.38. The molecule has 1 N–H and O–H groups in total. The van der Waals surface area contributed by atoms with Crippen molar-refractivity contribution >= 4 is 45.3 Å². The number of nitrogens with one attached hydrogen (secondary N) is 1. The molecule has 1 aromatic carbocycles. The molecular formula is C20H17ClN4O2S2. The molecular weight excluding hydrogens is 428 g/mol. The number of hydrogen-bond donors (Lipinski definition) is 1. The average Bonchev–Trinajstić information content (AvgIpc) is 3.43. The second-order valence-electron chi connectivity index (χ2n) is 6.32. The van der Waals surface area contributed by atoms with E-state index < -0.39 is 0 Å². The summed E-state index contributed by atoms with van der Waals surface area (Å²) in [5.74, 6) is 0.546. The molecule has 0 fully saturated rings. The third kappa shape index (κ3) is 4.50. The van der Waals surface area contributed by atoms with Gasteiger partial charge in [0.15, 0.2) is 5.13 Å². The molecule has 0 radical (unpaired) electrons. The standard InChI is InChI=1S/C20H17ClN4O2S2/c1-12-16(8-22-25(12)2)17-11-29-20(23-17)24-19(26)18-7-13(10-28-18)9-27-15-5-3-14(21)4-6-15/h3-8,10-11H,9H2,1-2H3,(H,23,24,26). The summed E-state index contributed by atoms with van der Waals surface area (Å²) >= 11 is 8.64. The zero-order valence-electron chi connectivity index (χ0n) is 15.7. The quantitative estimate of drug-likeness (QED) is 0.432. The monoisotopic (exact) mass is 444 g/mol. The van der Waals surface area contributed by atoms with E-state index in [4.69, 9.17) is 16.3 Å². The predicted octanol–water partition coefficient (Wildman–Crippen LogP) is 5.40. The first-order valence-corrected chi connectivity index (χ1v) is 10.8. The van der Waals surface area contributed by atoms with E-state index in [9.17, 15) is 4.79 Å². The molecule has 3 aromatic heterocycles. The van der Waals surface area contributed by atoms with E-state index in [2.05, 4.69) is 15.4 Å². The molecule has 3 heterocycles. The molecule has 0 spiro atoms. The highest BCUT2D eigenvalue weighted by molar-refractivity contribution is 7.14. The van der Waals surface area contributed by atoms with E-state index in [1.54, 1.807) is 23.0 Å². The number of carbonyl (C=O) groups excluding carboxylic acids is 1. The zero-order valence-corrected chi connectivity index (χ0v) is 18.1. The first-order valence-electron chi connectivity index (χ1n) is 8.71. The molecule has 0 unspecified atom stereocenters. The number of thiophene rings is 1. The van der Waals surface area contributed by atoms with Gasteiger partial charge in [-0.25, -0.2) is 4.98 Å². The summed E-state index contributed by atoms with van der Waals surface area (Å²) in [5.41, 5.74) is 3.72. The molecule has 0 saturated heterocycles. The highest BCUT2D eigenvalue weighted by Gasteiger charge is 2.14. The van der Waals surface area contributed by atoms with Gasteiger partial charge in [0, 0.05) is 34.3 Å². The van der Waals surface area contributed by atoms with Gasteiger partial charge >= 0.3 is 0 Å². The Hall–Kier alpha value is -2.68. The molecule has 29 heavy (non-hydrogen) atoms. The maximum atomic E-state index is 12.5. The number of rotatable bonds is 6. The van der Waals surface area contributed by atoms with E-state index >= 15 is 0 Å². The summed E-state index contributed by atoms with van der Waals surface area (Å²) in [6.07, 6.45) is 1.78. The molecule has 148 valence electrons. The summed E-state index contributed by atoms with van der Waals surface area (Å²) < 4.78 is 7.52. The van der Waals surface area contributed by atoms with E-state index in [0.717, 1.165) is 28.3 Å². The first kappa shape index (κ1) is 19.6. The van der Waals surface area contributed by atoms with E-state index in [0.29, 0.717) is 21.6 Å². The SMILES string of the molecule is Cc1c(-c2csc(NC(=O)c3cc(COc4ccc(Cl)cc4)cs3)n2)cnn1C. The number of nitrogens with zero attached hydrogens (tertiary/aromatic N) is 3. The first-order chi connectivity index (χ1) is 14.0. The maximum Gasteiger partial charge on any atom is 0.267 e. The van der Waals surface area contributed by atoms with Crippen LogP contribution >= 0.6 is 34.3 Å². The minimum atomic E-state index is -0.184. The minimum absolute atomic E-state index is 0.184. The molecule has 9 heteroatoms. The molecule has 6 nitrogen and oxygen atoms in total. The van der Waals surface area contributed by atoms with Crippen molar-refractivity contribution in [3.8, 4) is 17.0 Å². The van der Waals surface area contributed by atoms with Gasteiger partial charge in [-0.05, 0) is 42.6 Å². The Bertz CT molecular complexity index is 1150. The molecule has 4 aromatic rings. The third-order valence-corrected chi connectivity index (χ3v) is 6.32. The van der Waals surface area contributed by atoms with Crippen LogP contribution < -0.4 is 10.1 Å². The number of benzene rings is 1. The van der Waals surface area contributed by atoms with E-state index in [1.807, 2.05) is 42.9 Å². The number of halogens is 1. The van der Waals surface area contributed by atoms with E-state index in [-0.39, 0.29) is 5.91 Å². The molecule has 0 aliphatic heterocycles. The van der Waals surface area contributed by atoms with Gasteiger partial charge in [-0.15, -0.1) is 22.7 Å². The van der Waals surface area contributed by atoms with Crippen LogP contribution in [0, 0.1) is 6.92 Å². The van der Waals surface area contributed by atoms with Crippen molar-refractivity contribution in [3.63, 3.8) is 0 Å². The van der Waals surface area contributed by atoms with Crippen LogP contribution in [0.3, 0.4) is 0 Å². The normalized spacial score (nSPS) is 10.9. The number of hydrogen-bond acceptors (Lipinski definition) is 6. The van der Waals surface area contributed by atoms with Crippen LogP contribution in [0.5, 0.6) is 5.75 Å². The fourth-order valence-electron chi connectivity index (χ4n) is 2.63. The Morgan fingerprint density at radius 1 is 1.24 bits per heavy atom. The number of thiazole rings is 1. The third-order valence-electron chi connectivity index (χ3n) is 4.33. The number of ether oxygens (including phenoxy) is 1. The molecule has 4 rings (SSSR count). The molecule has 0 bridgehead atoms. The Kier molecular flexibility index (Phi) is 5.66. The second kappa shape index (κ2) is 8.36. The van der Waals surface area contributed by atoms with Gasteiger partial charge in [-0.1, -0.05) is 11.6 Å². The van der Waals surface area contributed by atoms with Gasteiger partial charge in [-0.3, -0.25) is 14.8 Å². The number of amides is 1. The second-order valence-corrected chi connectivity index (χ2v) is 8.53. The van der Waals surface area contributed by atoms with Crippen molar-refractivity contribution in [2.45, 2.75) is 13.5 Å². The summed E-state index contributed by atoms with van der Waals surface area (Å²) in [6.45, 7) is 2.37. The van der Waals surface area contributed by atoms with Crippen LogP contribution in [0.25, 0.3) is 11.3 Å². The lowest BCUT2D eigenvalue weighted by Crippen LogP contribution is -2.09. The molecule has 0 atom stereocenters. The fourth-order valence-corrected chi connectivity index (χ4v) is 4.26. The molecule has 0 saturated carbocycles. The maximum absolute atomic E-state index is 12.5. The van der Waals surface area contributed by atoms with Gasteiger partial charge in [0.1, 0.15) is 12.4 Å². The Morgan fingerprint density at radius 3 is 2.76 bits per heavy atom. The minimum Gasteiger partial charge on any atom is -0.489 e. The molecule has 0 aliphatic carbocycles. The lowest BCUT2D eigenvalue weighted by atomic mass is 10.2. The van der Waals surface area contributed by atoms with E-state index in [1.165, 1.54) is 22.7 Å². The van der Waals surface area contributed by atoms with Crippen LogP contribution in [-0.4, -0.2) is 20.7 Å². The summed E-state index contributed by atoms with van der Waals surface area (Å²) in [4.78, 5) is 17.7. The van der Waals surface area contributed by atoms with Gasteiger partial charge in [-0.2, -0.15) is 5.10 Å². The van der Waals surface area contributed by atoms with Crippen molar-refractivity contribution < 1.29 is 9.53 Å². The fraction of sp³-hybridized carbons (Fsp3) is 0.150. The van der Waals surface area contributed by atoms with Crippen molar-refractivity contribution in [2.75, 3.05) is 5.32 Å². The molecule has 0 aliphatic rings. The lowest BCUT2D eigenvalue weighted by Gasteiger charge is -2.04.